The quantitative estimate of drug-likeness (QED) is 0.0948. The molecule has 0 aliphatic carbocycles. The Morgan fingerprint density at radius 2 is 1.19 bits per heavy atom. The van der Waals surface area contributed by atoms with E-state index in [1.807, 2.05) is 6.20 Å². The Bertz CT molecular complexity index is 3580. The molecule has 336 valence electrons. The van der Waals surface area contributed by atoms with E-state index in [9.17, 15) is 0 Å². The second-order valence-corrected chi connectivity index (χ2v) is 28.4. The highest BCUT2D eigenvalue weighted by Gasteiger charge is 2.61. The molecule has 0 unspecified atom stereocenters. The Labute approximate surface area is 401 Å². The fourth-order valence-electron chi connectivity index (χ4n) is 10.9. The molecule has 1 saturated heterocycles. The monoisotopic (exact) mass is 920 g/mol. The SMILES string of the molecule is CC(C)(C)c1ccnc(-n2c3ccccc3c3ccc([Si]4(c5ccc6c(c5)-n5[c-][n+](-c7c(-c8ccccc8)cccc7-c7ccccc7)c7cccc(c75)[Si]6(C)C)OC(C)(C)C(C)(C)O4)cc32)c1. The summed E-state index contributed by atoms with van der Waals surface area (Å²) in [6.07, 6.45) is 5.97. The van der Waals surface area contributed by atoms with Gasteiger partial charge in [-0.1, -0.05) is 173 Å². The van der Waals surface area contributed by atoms with Crippen LogP contribution in [0.25, 0.3) is 72.3 Å². The van der Waals surface area contributed by atoms with Crippen molar-refractivity contribution in [3.63, 3.8) is 0 Å². The van der Waals surface area contributed by atoms with Gasteiger partial charge in [0.15, 0.2) is 0 Å². The van der Waals surface area contributed by atoms with Crippen LogP contribution in [0.3, 0.4) is 0 Å². The third kappa shape index (κ3) is 6.27. The molecular formula is C60H56N4O2Si2. The number of pyridine rings is 1. The molecule has 7 aromatic carbocycles. The molecule has 0 bridgehead atoms. The maximum Gasteiger partial charge on any atom is 0.407 e. The Balaban J connectivity index is 1.11. The second kappa shape index (κ2) is 14.9. The molecule has 2 aliphatic rings. The topological polar surface area (TPSA) is 45.1 Å². The fraction of sp³-hybridized carbons (Fsp3) is 0.200. The molecule has 12 rings (SSSR count). The highest BCUT2D eigenvalue weighted by atomic mass is 28.4. The first kappa shape index (κ1) is 42.7. The Hall–Kier alpha value is -6.69. The molecule has 2 aliphatic heterocycles. The van der Waals surface area contributed by atoms with Crippen molar-refractivity contribution >= 4 is 70.2 Å². The van der Waals surface area contributed by atoms with Crippen molar-refractivity contribution in [2.24, 2.45) is 0 Å². The Morgan fingerprint density at radius 3 is 1.87 bits per heavy atom. The summed E-state index contributed by atoms with van der Waals surface area (Å²) in [5, 5.41) is 7.25. The predicted octanol–water partition coefficient (Wildman–Crippen LogP) is 11.1. The molecule has 6 nitrogen and oxygen atoms in total. The van der Waals surface area contributed by atoms with Gasteiger partial charge in [0.2, 0.25) is 0 Å². The van der Waals surface area contributed by atoms with E-state index in [1.165, 1.54) is 32.2 Å². The van der Waals surface area contributed by atoms with Gasteiger partial charge in [-0.25, -0.2) is 4.98 Å². The van der Waals surface area contributed by atoms with Crippen molar-refractivity contribution in [2.75, 3.05) is 0 Å². The van der Waals surface area contributed by atoms with Gasteiger partial charge in [-0.3, -0.25) is 13.7 Å². The molecule has 1 fully saturated rings. The maximum absolute atomic E-state index is 7.62. The molecule has 0 radical (unpaired) electrons. The lowest BCUT2D eigenvalue weighted by Gasteiger charge is -2.34. The first-order chi connectivity index (χ1) is 32.6. The van der Waals surface area contributed by atoms with Gasteiger partial charge in [-0.2, -0.15) is 0 Å². The minimum Gasteiger partial charge on any atom is -0.379 e. The lowest BCUT2D eigenvalue weighted by molar-refractivity contribution is -0.571. The predicted molar refractivity (Wildman–Crippen MR) is 284 cm³/mol. The molecule has 8 heteroatoms. The molecular weight excluding hydrogens is 865 g/mol. The van der Waals surface area contributed by atoms with Crippen molar-refractivity contribution in [2.45, 2.75) is 78.2 Å². The van der Waals surface area contributed by atoms with E-state index in [0.29, 0.717) is 0 Å². The Morgan fingerprint density at radius 1 is 0.588 bits per heavy atom. The standard InChI is InChI=1S/C60H56N4O2Si2/c1-58(2,3)42-34-35-61-55(36-42)64-49-27-17-16-24-47(49)48-32-30-43(37-51(48)64)68(65-59(4,5)60(6,7)66-68)44-31-33-53-52(38-44)63-39-62(50-28-19-29-54(57(50)63)67(53,8)9)56-45(40-20-12-10-13-21-40)25-18-26-46(56)41-22-14-11-15-23-41/h10-38H,1-9H3. The Kier molecular flexibility index (Phi) is 9.35. The molecule has 0 spiro atoms. The average molecular weight is 921 g/mol. The van der Waals surface area contributed by atoms with Crippen LogP contribution < -0.4 is 25.3 Å². The minimum absolute atomic E-state index is 0.0386. The number of rotatable bonds is 6. The molecule has 10 aromatic rings. The molecule has 0 saturated carbocycles. The third-order valence-corrected chi connectivity index (χ3v) is 22.5. The van der Waals surface area contributed by atoms with Gasteiger partial charge in [0.1, 0.15) is 13.9 Å². The third-order valence-electron chi connectivity index (χ3n) is 15.2. The normalized spacial score (nSPS) is 16.7. The van der Waals surface area contributed by atoms with E-state index >= 15 is 0 Å². The van der Waals surface area contributed by atoms with Crippen LogP contribution in [0.5, 0.6) is 0 Å². The highest BCUT2D eigenvalue weighted by Crippen LogP contribution is 2.43. The zero-order chi connectivity index (χ0) is 47.0. The molecule has 5 heterocycles. The van der Waals surface area contributed by atoms with Gasteiger partial charge in [0.25, 0.3) is 6.33 Å². The number of hydrogen-bond acceptors (Lipinski definition) is 3. The van der Waals surface area contributed by atoms with Gasteiger partial charge in [0.05, 0.1) is 44.6 Å². The van der Waals surface area contributed by atoms with E-state index in [0.717, 1.165) is 66.4 Å². The molecule has 0 atom stereocenters. The number of para-hydroxylation sites is 3. The summed E-state index contributed by atoms with van der Waals surface area (Å²) in [6.45, 7) is 20.5. The van der Waals surface area contributed by atoms with Crippen LogP contribution in [0.4, 0.5) is 0 Å². The van der Waals surface area contributed by atoms with Crippen molar-refractivity contribution in [1.82, 2.24) is 14.1 Å². The lowest BCUT2D eigenvalue weighted by Crippen LogP contribution is -2.63. The maximum atomic E-state index is 7.62. The number of aromatic nitrogens is 4. The van der Waals surface area contributed by atoms with Crippen LogP contribution in [0.2, 0.25) is 13.1 Å². The molecule has 3 aromatic heterocycles. The van der Waals surface area contributed by atoms with Gasteiger partial charge in [-0.15, -0.1) is 0 Å². The number of fused-ring (bicyclic) bond motifs is 5. The van der Waals surface area contributed by atoms with Crippen LogP contribution in [0.1, 0.15) is 54.0 Å². The summed E-state index contributed by atoms with van der Waals surface area (Å²) < 4.78 is 22.3. The summed E-state index contributed by atoms with van der Waals surface area (Å²) in [4.78, 5) is 5.02. The van der Waals surface area contributed by atoms with Crippen molar-refractivity contribution in [1.29, 1.82) is 0 Å². The number of benzene rings is 7. The lowest BCUT2D eigenvalue weighted by atomic mass is 9.88. The summed E-state index contributed by atoms with van der Waals surface area (Å²) in [5.41, 5.74) is 11.4. The van der Waals surface area contributed by atoms with Gasteiger partial charge >= 0.3 is 8.56 Å². The van der Waals surface area contributed by atoms with Crippen molar-refractivity contribution in [3.8, 4) is 39.4 Å². The van der Waals surface area contributed by atoms with E-state index in [-0.39, 0.29) is 5.41 Å². The molecule has 0 N–H and O–H groups in total. The molecule has 0 amide bonds. The van der Waals surface area contributed by atoms with E-state index in [4.69, 9.17) is 13.8 Å². The minimum atomic E-state index is -3.48. The summed E-state index contributed by atoms with van der Waals surface area (Å²) >= 11 is 0. The summed E-state index contributed by atoms with van der Waals surface area (Å²) in [7, 11) is -5.76. The first-order valence-electron chi connectivity index (χ1n) is 23.9. The number of imidazole rings is 1. The van der Waals surface area contributed by atoms with Crippen LogP contribution in [-0.2, 0) is 14.3 Å². The van der Waals surface area contributed by atoms with Crippen molar-refractivity contribution in [3.05, 3.63) is 188 Å². The van der Waals surface area contributed by atoms with E-state index in [1.54, 1.807) is 0 Å². The van der Waals surface area contributed by atoms with E-state index in [2.05, 4.69) is 251 Å². The van der Waals surface area contributed by atoms with E-state index < -0.39 is 27.8 Å². The molecule has 68 heavy (non-hydrogen) atoms. The number of nitrogens with zero attached hydrogens (tertiary/aromatic N) is 4. The van der Waals surface area contributed by atoms with Gasteiger partial charge in [0, 0.05) is 22.2 Å². The zero-order valence-electron chi connectivity index (χ0n) is 40.3. The second-order valence-electron chi connectivity index (χ2n) is 21.3. The zero-order valence-corrected chi connectivity index (χ0v) is 42.3. The largest absolute Gasteiger partial charge is 0.407 e. The van der Waals surface area contributed by atoms with Crippen molar-refractivity contribution < 1.29 is 13.4 Å². The smallest absolute Gasteiger partial charge is 0.379 e. The summed E-state index contributed by atoms with van der Waals surface area (Å²) in [5.74, 6) is 0.898. The van der Waals surface area contributed by atoms with Crippen LogP contribution in [0, 0.1) is 6.33 Å². The first-order valence-corrected chi connectivity index (χ1v) is 28.7. The number of hydrogen-bond donors (Lipinski definition) is 0. The summed E-state index contributed by atoms with van der Waals surface area (Å²) in [6, 6.07) is 62.1. The van der Waals surface area contributed by atoms with Crippen LogP contribution in [-0.4, -0.2) is 42.0 Å². The fourth-order valence-corrected chi connectivity index (χ4v) is 17.9. The van der Waals surface area contributed by atoms with Crippen LogP contribution in [0.15, 0.2) is 176 Å². The van der Waals surface area contributed by atoms with Gasteiger partial charge in [-0.05, 0) is 107 Å². The highest BCUT2D eigenvalue weighted by molar-refractivity contribution is 7.03. The van der Waals surface area contributed by atoms with Gasteiger partial charge < -0.3 is 8.85 Å². The average Bonchev–Trinajstić information content (AvgIpc) is 3.95. The van der Waals surface area contributed by atoms with Crippen LogP contribution >= 0.6 is 0 Å².